The fraction of sp³-hybridized carbons (Fsp3) is 0.0909. The van der Waals surface area contributed by atoms with Gasteiger partial charge in [-0.25, -0.2) is 0 Å². The van der Waals surface area contributed by atoms with Crippen molar-refractivity contribution < 1.29 is 0 Å². The van der Waals surface area contributed by atoms with Crippen LogP contribution in [0.3, 0.4) is 0 Å². The normalized spacial score (nSPS) is 17.6. The monoisotopic (exact) mass is 536 g/mol. The lowest BCUT2D eigenvalue weighted by Crippen LogP contribution is -1.82. The summed E-state index contributed by atoms with van der Waals surface area (Å²) >= 11 is 14.8. The van der Waals surface area contributed by atoms with E-state index in [1.807, 2.05) is 93.2 Å². The van der Waals surface area contributed by atoms with Gasteiger partial charge < -0.3 is 0 Å². The predicted molar refractivity (Wildman–Crippen MR) is 153 cm³/mol. The van der Waals surface area contributed by atoms with Gasteiger partial charge in [-0.3, -0.25) is 0 Å². The summed E-state index contributed by atoms with van der Waals surface area (Å²) in [6.45, 7) is 4.49. The summed E-state index contributed by atoms with van der Waals surface area (Å²) in [5.74, 6) is 0. The van der Waals surface area contributed by atoms with Gasteiger partial charge in [0.25, 0.3) is 0 Å². The van der Waals surface area contributed by atoms with Gasteiger partial charge in [-0.05, 0) is 81.7 Å². The van der Waals surface area contributed by atoms with Crippen molar-refractivity contribution in [3.63, 3.8) is 0 Å². The number of thiophene rings is 2. The summed E-state index contributed by atoms with van der Waals surface area (Å²) in [5, 5.41) is 13.1. The number of allylic oxidation sites excluding steroid dienone is 2. The van der Waals surface area contributed by atoms with E-state index in [1.165, 1.54) is 48.9 Å². The van der Waals surface area contributed by atoms with Gasteiger partial charge in [0.2, 0.25) is 0 Å². The number of rotatable bonds is 4. The Morgan fingerprint density at radius 3 is 1.20 bits per heavy atom. The van der Waals surface area contributed by atoms with Crippen LogP contribution in [0, 0.1) is 0 Å². The summed E-state index contributed by atoms with van der Waals surface area (Å²) < 4.78 is 4.17. The highest BCUT2D eigenvalue weighted by Gasteiger charge is 2.20. The quantitative estimate of drug-likeness (QED) is 0.378. The first kappa shape index (κ1) is 21.8. The molecule has 2 aromatic heterocycles. The number of hydrogen-bond donors (Lipinski definition) is 0. The van der Waals surface area contributed by atoms with Crippen LogP contribution in [-0.4, -0.2) is 0 Å². The Balaban J connectivity index is 1.52. The summed E-state index contributed by atoms with van der Waals surface area (Å²) in [6, 6.07) is 9.19. The van der Waals surface area contributed by atoms with Crippen LogP contribution in [0.1, 0.15) is 33.4 Å². The molecule has 2 aromatic rings. The minimum atomic E-state index is 1.36. The molecule has 30 heavy (non-hydrogen) atoms. The number of hydrogen-bond acceptors (Lipinski definition) is 8. The molecule has 0 atom stereocenters. The Bertz CT molecular complexity index is 1060. The topological polar surface area (TPSA) is 0 Å². The van der Waals surface area contributed by atoms with E-state index in [-0.39, 0.29) is 0 Å². The molecule has 3 aliphatic heterocycles. The van der Waals surface area contributed by atoms with Crippen LogP contribution in [0.2, 0.25) is 0 Å². The van der Waals surface area contributed by atoms with Crippen LogP contribution in [-0.2, 0) is 0 Å². The van der Waals surface area contributed by atoms with Gasteiger partial charge >= 0.3 is 0 Å². The lowest BCUT2D eigenvalue weighted by atomic mass is 10.2. The zero-order valence-electron chi connectivity index (χ0n) is 16.0. The standard InChI is InChI=1S/C22H16S8/c1-13(20-23-7-8-24-20)15-3-5-17(29-15)19(22-27-11-12-28-22)18-6-4-16(30-18)14(2)21-25-9-10-26-21/h3-12H,1-2H3. The Labute approximate surface area is 210 Å². The summed E-state index contributed by atoms with van der Waals surface area (Å²) in [5.41, 5.74) is 4.15. The van der Waals surface area contributed by atoms with Crippen LogP contribution in [0.5, 0.6) is 0 Å². The molecule has 152 valence electrons. The van der Waals surface area contributed by atoms with E-state index in [2.05, 4.69) is 70.6 Å². The average molecular weight is 537 g/mol. The summed E-state index contributed by atoms with van der Waals surface area (Å²) in [4.78, 5) is 5.44. The Morgan fingerprint density at radius 1 is 0.467 bits per heavy atom. The third-order valence-corrected chi connectivity index (χ3v) is 13.7. The van der Waals surface area contributed by atoms with Gasteiger partial charge in [0.05, 0.1) is 12.7 Å². The highest BCUT2D eigenvalue weighted by atomic mass is 32.2. The van der Waals surface area contributed by atoms with Crippen LogP contribution in [0.25, 0.3) is 16.7 Å². The lowest BCUT2D eigenvalue weighted by Gasteiger charge is -2.07. The first-order chi connectivity index (χ1) is 14.7. The Morgan fingerprint density at radius 2 is 0.800 bits per heavy atom. The van der Waals surface area contributed by atoms with E-state index in [0.717, 1.165) is 0 Å². The second kappa shape index (κ2) is 9.83. The van der Waals surface area contributed by atoms with E-state index < -0.39 is 0 Å². The van der Waals surface area contributed by atoms with Crippen LogP contribution >= 0.6 is 93.2 Å². The van der Waals surface area contributed by atoms with Crippen molar-refractivity contribution in [2.24, 2.45) is 0 Å². The molecule has 0 N–H and O–H groups in total. The van der Waals surface area contributed by atoms with Crippen molar-refractivity contribution in [2.45, 2.75) is 13.8 Å². The molecule has 5 heterocycles. The molecule has 0 bridgehead atoms. The van der Waals surface area contributed by atoms with Crippen LogP contribution in [0.15, 0.2) is 69.4 Å². The zero-order valence-corrected chi connectivity index (χ0v) is 22.6. The Kier molecular flexibility index (Phi) is 7.13. The molecule has 0 aliphatic carbocycles. The molecule has 0 amide bonds. The van der Waals surface area contributed by atoms with E-state index in [4.69, 9.17) is 0 Å². The smallest absolute Gasteiger partial charge is 0.0587 e. The molecule has 0 aromatic carbocycles. The molecular formula is C22H16S8. The van der Waals surface area contributed by atoms with Crippen molar-refractivity contribution in [1.82, 2.24) is 0 Å². The van der Waals surface area contributed by atoms with Crippen molar-refractivity contribution in [3.8, 4) is 0 Å². The fourth-order valence-electron chi connectivity index (χ4n) is 2.96. The highest BCUT2D eigenvalue weighted by Crippen LogP contribution is 2.50. The Hall–Kier alpha value is -0.0600. The lowest BCUT2D eigenvalue weighted by molar-refractivity contribution is 1.72. The maximum absolute atomic E-state index is 2.31. The maximum Gasteiger partial charge on any atom is 0.0587 e. The number of thioether (sulfide) groups is 6. The predicted octanol–water partition coefficient (Wildman–Crippen LogP) is 10.8. The molecule has 0 fully saturated rings. The second-order valence-corrected chi connectivity index (χ2v) is 14.8. The molecule has 0 nitrogen and oxygen atoms in total. The van der Waals surface area contributed by atoms with Crippen molar-refractivity contribution >= 4 is 110 Å². The largest absolute Gasteiger partial charge is 0.135 e. The van der Waals surface area contributed by atoms with Gasteiger partial charge in [0, 0.05) is 25.1 Å². The van der Waals surface area contributed by atoms with E-state index >= 15 is 0 Å². The van der Waals surface area contributed by atoms with Crippen molar-refractivity contribution in [2.75, 3.05) is 0 Å². The third kappa shape index (κ3) is 4.53. The van der Waals surface area contributed by atoms with Crippen LogP contribution < -0.4 is 0 Å². The van der Waals surface area contributed by atoms with Gasteiger partial charge in [-0.1, -0.05) is 70.6 Å². The first-order valence-corrected chi connectivity index (χ1v) is 15.9. The molecule has 0 radical (unpaired) electrons. The molecule has 5 rings (SSSR count). The van der Waals surface area contributed by atoms with Gasteiger partial charge in [-0.2, -0.15) is 0 Å². The van der Waals surface area contributed by atoms with E-state index in [9.17, 15) is 0 Å². The average Bonchev–Trinajstić information content (AvgIpc) is 3.58. The van der Waals surface area contributed by atoms with Gasteiger partial charge in [0.15, 0.2) is 0 Å². The fourth-order valence-corrected chi connectivity index (χ4v) is 11.3. The molecule has 0 saturated carbocycles. The second-order valence-electron chi connectivity index (χ2n) is 6.34. The summed E-state index contributed by atoms with van der Waals surface area (Å²) in [7, 11) is 0. The SMILES string of the molecule is CC(=C1SC=CS1)c1ccc(C(=C2SC=CS2)c2ccc(C(C)=C3SC=CS3)s2)s1. The van der Waals surface area contributed by atoms with E-state index in [0.29, 0.717) is 0 Å². The minimum Gasteiger partial charge on any atom is -0.135 e. The third-order valence-electron chi connectivity index (χ3n) is 4.48. The van der Waals surface area contributed by atoms with Crippen molar-refractivity contribution in [3.05, 3.63) is 88.9 Å². The molecule has 8 heteroatoms. The molecule has 0 saturated heterocycles. The zero-order chi connectivity index (χ0) is 20.5. The molecule has 0 spiro atoms. The molecule has 3 aliphatic rings. The van der Waals surface area contributed by atoms with Crippen LogP contribution in [0.4, 0.5) is 0 Å². The minimum absolute atomic E-state index is 1.36. The van der Waals surface area contributed by atoms with Gasteiger partial charge in [0.1, 0.15) is 0 Å². The molecular weight excluding hydrogens is 521 g/mol. The summed E-state index contributed by atoms with van der Waals surface area (Å²) in [6.07, 6.45) is 0. The maximum atomic E-state index is 2.31. The first-order valence-electron chi connectivity index (χ1n) is 9.03. The van der Waals surface area contributed by atoms with Gasteiger partial charge in [-0.15, -0.1) is 22.7 Å². The molecule has 0 unspecified atom stereocenters. The van der Waals surface area contributed by atoms with Crippen molar-refractivity contribution in [1.29, 1.82) is 0 Å². The van der Waals surface area contributed by atoms with E-state index in [1.54, 1.807) is 0 Å². The highest BCUT2D eigenvalue weighted by molar-refractivity contribution is 8.28.